The molecule has 8 heteroatoms. The molecule has 112 valence electrons. The van der Waals surface area contributed by atoms with Crippen LogP contribution in [0.3, 0.4) is 0 Å². The maximum absolute atomic E-state index is 12.3. The summed E-state index contributed by atoms with van der Waals surface area (Å²) in [6.45, 7) is 0.282. The predicted octanol–water partition coefficient (Wildman–Crippen LogP) is 1.74. The molecular weight excluding hydrogens is 286 g/mol. The number of imidazole rings is 1. The summed E-state index contributed by atoms with van der Waals surface area (Å²) in [4.78, 5) is 29.7. The highest BCUT2D eigenvalue weighted by Gasteiger charge is 2.15. The second kappa shape index (κ2) is 5.32. The van der Waals surface area contributed by atoms with Gasteiger partial charge in [0.25, 0.3) is 11.6 Å². The van der Waals surface area contributed by atoms with E-state index in [1.807, 2.05) is 7.05 Å². The molecule has 0 atom stereocenters. The molecule has 0 aliphatic rings. The van der Waals surface area contributed by atoms with Crippen LogP contribution in [0.2, 0.25) is 0 Å². The maximum atomic E-state index is 12.3. The molecule has 1 aromatic carbocycles. The minimum atomic E-state index is -0.484. The number of amides is 1. The predicted molar refractivity (Wildman–Crippen MR) is 79.3 cm³/mol. The largest absolute Gasteiger partial charge is 0.360 e. The van der Waals surface area contributed by atoms with E-state index in [0.29, 0.717) is 16.5 Å². The number of carbonyl (C=O) groups excluding carboxylic acids is 1. The van der Waals surface area contributed by atoms with Crippen molar-refractivity contribution in [3.8, 4) is 0 Å². The number of aryl methyl sites for hydroxylation is 1. The SMILES string of the molecule is Cn1ccnc1CNC(=O)c1c[nH]c2ccc([N+](=O)[O-])cc12. The molecule has 0 saturated heterocycles. The Bertz CT molecular complexity index is 864. The van der Waals surface area contributed by atoms with Crippen molar-refractivity contribution in [2.24, 2.45) is 7.05 Å². The highest BCUT2D eigenvalue weighted by molar-refractivity contribution is 6.07. The number of nitro groups is 1. The van der Waals surface area contributed by atoms with Crippen LogP contribution >= 0.6 is 0 Å². The van der Waals surface area contributed by atoms with Gasteiger partial charge in [-0.3, -0.25) is 14.9 Å². The summed E-state index contributed by atoms with van der Waals surface area (Å²) < 4.78 is 1.81. The van der Waals surface area contributed by atoms with Crippen molar-refractivity contribution in [3.63, 3.8) is 0 Å². The summed E-state index contributed by atoms with van der Waals surface area (Å²) in [5, 5.41) is 14.1. The number of non-ortho nitro benzene ring substituents is 1. The summed E-state index contributed by atoms with van der Waals surface area (Å²) in [7, 11) is 1.84. The van der Waals surface area contributed by atoms with Gasteiger partial charge in [0.05, 0.1) is 17.0 Å². The lowest BCUT2D eigenvalue weighted by atomic mass is 10.1. The quantitative estimate of drug-likeness (QED) is 0.565. The number of hydrogen-bond acceptors (Lipinski definition) is 4. The Morgan fingerprint density at radius 3 is 3.00 bits per heavy atom. The molecule has 3 aromatic rings. The second-order valence-electron chi connectivity index (χ2n) is 4.83. The normalized spacial score (nSPS) is 10.8. The van der Waals surface area contributed by atoms with E-state index >= 15 is 0 Å². The molecular formula is C14H13N5O3. The third-order valence-electron chi connectivity index (χ3n) is 3.45. The van der Waals surface area contributed by atoms with E-state index in [1.54, 1.807) is 29.2 Å². The van der Waals surface area contributed by atoms with Gasteiger partial charge in [-0.15, -0.1) is 0 Å². The summed E-state index contributed by atoms with van der Waals surface area (Å²) >= 11 is 0. The number of hydrogen-bond donors (Lipinski definition) is 2. The molecule has 0 unspecified atom stereocenters. The average Bonchev–Trinajstić information content (AvgIpc) is 3.10. The van der Waals surface area contributed by atoms with Crippen LogP contribution in [0.1, 0.15) is 16.2 Å². The number of fused-ring (bicyclic) bond motifs is 1. The van der Waals surface area contributed by atoms with Crippen LogP contribution in [0.5, 0.6) is 0 Å². The number of H-pyrrole nitrogens is 1. The number of aromatic nitrogens is 3. The zero-order valence-electron chi connectivity index (χ0n) is 11.7. The summed E-state index contributed by atoms with van der Waals surface area (Å²) in [5.74, 6) is 0.411. The third-order valence-corrected chi connectivity index (χ3v) is 3.45. The molecule has 0 fully saturated rings. The Balaban J connectivity index is 1.86. The van der Waals surface area contributed by atoms with Crippen molar-refractivity contribution in [3.05, 3.63) is 58.3 Å². The zero-order chi connectivity index (χ0) is 15.7. The smallest absolute Gasteiger partial charge is 0.270 e. The van der Waals surface area contributed by atoms with Gasteiger partial charge in [0, 0.05) is 48.7 Å². The molecule has 8 nitrogen and oxygen atoms in total. The number of nitrogens with one attached hydrogen (secondary N) is 2. The van der Waals surface area contributed by atoms with Crippen molar-refractivity contribution < 1.29 is 9.72 Å². The average molecular weight is 299 g/mol. The standard InChI is InChI=1S/C14H13N5O3/c1-18-5-4-15-13(18)8-17-14(20)11-7-16-12-3-2-9(19(21)22)6-10(11)12/h2-7,16H,8H2,1H3,(H,17,20). The first kappa shape index (κ1) is 13.8. The minimum Gasteiger partial charge on any atom is -0.360 e. The highest BCUT2D eigenvalue weighted by Crippen LogP contribution is 2.23. The van der Waals surface area contributed by atoms with Crippen LogP contribution in [0.25, 0.3) is 10.9 Å². The Labute approximate surface area is 124 Å². The van der Waals surface area contributed by atoms with Gasteiger partial charge in [-0.1, -0.05) is 0 Å². The van der Waals surface area contributed by atoms with Crippen molar-refractivity contribution >= 4 is 22.5 Å². The molecule has 2 heterocycles. The summed E-state index contributed by atoms with van der Waals surface area (Å²) in [6.07, 6.45) is 4.98. The zero-order valence-corrected chi connectivity index (χ0v) is 11.7. The van der Waals surface area contributed by atoms with E-state index in [0.717, 1.165) is 5.82 Å². The molecule has 1 amide bonds. The molecule has 0 saturated carbocycles. The van der Waals surface area contributed by atoms with E-state index < -0.39 is 4.92 Å². The van der Waals surface area contributed by atoms with Crippen LogP contribution in [-0.4, -0.2) is 25.4 Å². The molecule has 2 aromatic heterocycles. The maximum Gasteiger partial charge on any atom is 0.270 e. The van der Waals surface area contributed by atoms with Crippen LogP contribution in [-0.2, 0) is 13.6 Å². The van der Waals surface area contributed by atoms with Gasteiger partial charge in [0.2, 0.25) is 0 Å². The number of nitro benzene ring substituents is 1. The first-order chi connectivity index (χ1) is 10.6. The van der Waals surface area contributed by atoms with E-state index in [4.69, 9.17) is 0 Å². The van der Waals surface area contributed by atoms with Gasteiger partial charge >= 0.3 is 0 Å². The van der Waals surface area contributed by atoms with E-state index in [-0.39, 0.29) is 18.1 Å². The Hall–Kier alpha value is -3.16. The molecule has 0 aliphatic carbocycles. The number of rotatable bonds is 4. The van der Waals surface area contributed by atoms with Gasteiger partial charge in [-0.25, -0.2) is 4.98 Å². The fraction of sp³-hybridized carbons (Fsp3) is 0.143. The lowest BCUT2D eigenvalue weighted by Gasteiger charge is -2.04. The van der Waals surface area contributed by atoms with Crippen LogP contribution in [0.15, 0.2) is 36.8 Å². The first-order valence-corrected chi connectivity index (χ1v) is 6.56. The molecule has 0 spiro atoms. The molecule has 0 bridgehead atoms. The summed E-state index contributed by atoms with van der Waals surface area (Å²) in [6, 6.07) is 4.37. The van der Waals surface area contributed by atoms with Crippen molar-refractivity contribution in [1.29, 1.82) is 0 Å². The van der Waals surface area contributed by atoms with Gasteiger partial charge in [0.15, 0.2) is 0 Å². The van der Waals surface area contributed by atoms with E-state index in [2.05, 4.69) is 15.3 Å². The number of carbonyl (C=O) groups is 1. The van der Waals surface area contributed by atoms with Crippen molar-refractivity contribution in [2.75, 3.05) is 0 Å². The molecule has 0 aliphatic heterocycles. The Morgan fingerprint density at radius 1 is 1.50 bits per heavy atom. The van der Waals surface area contributed by atoms with E-state index in [1.165, 1.54) is 12.1 Å². The van der Waals surface area contributed by atoms with Gasteiger partial charge < -0.3 is 14.9 Å². The molecule has 2 N–H and O–H groups in total. The summed E-state index contributed by atoms with van der Waals surface area (Å²) in [5.41, 5.74) is 0.992. The number of benzene rings is 1. The lowest BCUT2D eigenvalue weighted by Crippen LogP contribution is -2.24. The first-order valence-electron chi connectivity index (χ1n) is 6.56. The fourth-order valence-corrected chi connectivity index (χ4v) is 2.23. The Morgan fingerprint density at radius 2 is 2.32 bits per heavy atom. The monoisotopic (exact) mass is 299 g/mol. The molecule has 3 rings (SSSR count). The van der Waals surface area contributed by atoms with Gasteiger partial charge in [0.1, 0.15) is 5.82 Å². The van der Waals surface area contributed by atoms with E-state index in [9.17, 15) is 14.9 Å². The van der Waals surface area contributed by atoms with Gasteiger partial charge in [-0.2, -0.15) is 0 Å². The Kier molecular flexibility index (Phi) is 3.34. The highest BCUT2D eigenvalue weighted by atomic mass is 16.6. The van der Waals surface area contributed by atoms with Crippen LogP contribution in [0, 0.1) is 10.1 Å². The fourth-order valence-electron chi connectivity index (χ4n) is 2.23. The number of aromatic amines is 1. The number of nitrogens with zero attached hydrogens (tertiary/aromatic N) is 3. The minimum absolute atomic E-state index is 0.0507. The second-order valence-corrected chi connectivity index (χ2v) is 4.83. The van der Waals surface area contributed by atoms with Crippen molar-refractivity contribution in [1.82, 2.24) is 19.9 Å². The van der Waals surface area contributed by atoms with Crippen molar-refractivity contribution in [2.45, 2.75) is 6.54 Å². The van der Waals surface area contributed by atoms with Crippen LogP contribution < -0.4 is 5.32 Å². The van der Waals surface area contributed by atoms with Crippen LogP contribution in [0.4, 0.5) is 5.69 Å². The molecule has 22 heavy (non-hydrogen) atoms. The topological polar surface area (TPSA) is 106 Å². The van der Waals surface area contributed by atoms with Gasteiger partial charge in [-0.05, 0) is 6.07 Å². The third kappa shape index (κ3) is 2.41. The lowest BCUT2D eigenvalue weighted by molar-refractivity contribution is -0.384. The molecule has 0 radical (unpaired) electrons.